The number of likely N-dealkylation sites (N-methyl/N-ethyl adjacent to an activating group) is 1. The quantitative estimate of drug-likeness (QED) is 0.641. The first-order chi connectivity index (χ1) is 11.0. The van der Waals surface area contributed by atoms with E-state index in [2.05, 4.69) is 16.8 Å². The maximum Gasteiger partial charge on any atom is 0.272 e. The predicted molar refractivity (Wildman–Crippen MR) is 85.2 cm³/mol. The minimum absolute atomic E-state index is 0.237. The molecule has 0 unspecified atom stereocenters. The monoisotopic (exact) mass is 318 g/mol. The molecule has 0 aliphatic carbocycles. The molecule has 0 atom stereocenters. The van der Waals surface area contributed by atoms with Crippen molar-refractivity contribution in [2.24, 2.45) is 0 Å². The summed E-state index contributed by atoms with van der Waals surface area (Å²) in [6, 6.07) is 7.58. The SMILES string of the molecule is CN1CCN(Cc2cccn2-c2ccc([N+](=O)[O-])cc2F)CC1. The average Bonchev–Trinajstić information content (AvgIpc) is 2.97. The number of nitro benzene ring substituents is 1. The summed E-state index contributed by atoms with van der Waals surface area (Å²) in [4.78, 5) is 14.8. The molecule has 1 aromatic heterocycles. The second-order valence-electron chi connectivity index (χ2n) is 5.84. The first kappa shape index (κ1) is 15.6. The number of non-ortho nitro benzene ring substituents is 1. The van der Waals surface area contributed by atoms with Crippen molar-refractivity contribution in [3.63, 3.8) is 0 Å². The standard InChI is InChI=1S/C16H19FN4O2/c1-18-7-9-19(10-8-18)12-14-3-2-6-20(14)16-5-4-13(21(22)23)11-15(16)17/h2-6,11H,7-10,12H2,1H3. The van der Waals surface area contributed by atoms with Gasteiger partial charge in [-0.25, -0.2) is 4.39 Å². The van der Waals surface area contributed by atoms with Crippen LogP contribution >= 0.6 is 0 Å². The predicted octanol–water partition coefficient (Wildman–Crippen LogP) is 2.27. The number of aromatic nitrogens is 1. The van der Waals surface area contributed by atoms with Crippen molar-refractivity contribution < 1.29 is 9.31 Å². The number of halogens is 1. The lowest BCUT2D eigenvalue weighted by molar-refractivity contribution is -0.385. The summed E-state index contributed by atoms with van der Waals surface area (Å²) >= 11 is 0. The van der Waals surface area contributed by atoms with E-state index < -0.39 is 10.7 Å². The fourth-order valence-electron chi connectivity index (χ4n) is 2.82. The Balaban J connectivity index is 1.82. The third-order valence-corrected chi connectivity index (χ3v) is 4.22. The molecule has 1 aliphatic heterocycles. The van der Waals surface area contributed by atoms with Crippen LogP contribution in [0.5, 0.6) is 0 Å². The Morgan fingerprint density at radius 3 is 2.61 bits per heavy atom. The number of nitro groups is 1. The molecule has 0 N–H and O–H groups in total. The highest BCUT2D eigenvalue weighted by molar-refractivity contribution is 5.43. The molecule has 0 spiro atoms. The van der Waals surface area contributed by atoms with Crippen molar-refractivity contribution in [1.29, 1.82) is 0 Å². The van der Waals surface area contributed by atoms with Gasteiger partial charge in [-0.05, 0) is 25.2 Å². The molecule has 2 heterocycles. The summed E-state index contributed by atoms with van der Waals surface area (Å²) in [6.07, 6.45) is 1.79. The van der Waals surface area contributed by atoms with Gasteiger partial charge in [-0.3, -0.25) is 15.0 Å². The van der Waals surface area contributed by atoms with Crippen molar-refractivity contribution in [3.8, 4) is 5.69 Å². The molecule has 1 fully saturated rings. The van der Waals surface area contributed by atoms with Gasteiger partial charge in [0.1, 0.15) is 0 Å². The topological polar surface area (TPSA) is 54.5 Å². The van der Waals surface area contributed by atoms with Gasteiger partial charge in [0.15, 0.2) is 5.82 Å². The lowest BCUT2D eigenvalue weighted by Crippen LogP contribution is -2.44. The van der Waals surface area contributed by atoms with Crippen LogP contribution in [-0.2, 0) is 6.54 Å². The van der Waals surface area contributed by atoms with Crippen LogP contribution in [0, 0.1) is 15.9 Å². The van der Waals surface area contributed by atoms with E-state index in [0.29, 0.717) is 5.69 Å². The lowest BCUT2D eigenvalue weighted by Gasteiger charge is -2.32. The normalized spacial score (nSPS) is 16.6. The van der Waals surface area contributed by atoms with E-state index >= 15 is 0 Å². The van der Waals surface area contributed by atoms with Gasteiger partial charge in [-0.15, -0.1) is 0 Å². The zero-order valence-corrected chi connectivity index (χ0v) is 13.0. The molecule has 6 nitrogen and oxygen atoms in total. The van der Waals surface area contributed by atoms with E-state index in [1.165, 1.54) is 12.1 Å². The molecule has 1 saturated heterocycles. The lowest BCUT2D eigenvalue weighted by atomic mass is 10.2. The van der Waals surface area contributed by atoms with Crippen molar-refractivity contribution in [2.75, 3.05) is 33.2 Å². The molecule has 0 amide bonds. The van der Waals surface area contributed by atoms with Gasteiger partial charge in [0, 0.05) is 50.7 Å². The molecule has 2 aromatic rings. The second-order valence-corrected chi connectivity index (χ2v) is 5.84. The van der Waals surface area contributed by atoms with Crippen LogP contribution in [0.2, 0.25) is 0 Å². The highest BCUT2D eigenvalue weighted by Crippen LogP contribution is 2.22. The molecule has 0 saturated carbocycles. The Kier molecular flexibility index (Phi) is 4.40. The molecule has 23 heavy (non-hydrogen) atoms. The molecule has 7 heteroatoms. The summed E-state index contributed by atoms with van der Waals surface area (Å²) in [5.74, 6) is -0.588. The second kappa shape index (κ2) is 6.47. The molecule has 0 bridgehead atoms. The third kappa shape index (κ3) is 3.40. The summed E-state index contributed by atoms with van der Waals surface area (Å²) in [5, 5.41) is 10.7. The van der Waals surface area contributed by atoms with Gasteiger partial charge in [0.05, 0.1) is 16.7 Å². The van der Waals surface area contributed by atoms with Gasteiger partial charge in [-0.2, -0.15) is 0 Å². The molecular weight excluding hydrogens is 299 g/mol. The maximum absolute atomic E-state index is 14.2. The number of hydrogen-bond donors (Lipinski definition) is 0. The molecule has 0 radical (unpaired) electrons. The fourth-order valence-corrected chi connectivity index (χ4v) is 2.82. The zero-order chi connectivity index (χ0) is 16.4. The van der Waals surface area contributed by atoms with Crippen LogP contribution in [0.4, 0.5) is 10.1 Å². The van der Waals surface area contributed by atoms with E-state index in [1.807, 2.05) is 12.1 Å². The molecule has 122 valence electrons. The minimum atomic E-state index is -0.590. The number of hydrogen-bond acceptors (Lipinski definition) is 4. The van der Waals surface area contributed by atoms with Crippen molar-refractivity contribution in [2.45, 2.75) is 6.54 Å². The first-order valence-corrected chi connectivity index (χ1v) is 7.56. The van der Waals surface area contributed by atoms with E-state index in [1.54, 1.807) is 10.8 Å². The maximum atomic E-state index is 14.2. The van der Waals surface area contributed by atoms with Crippen molar-refractivity contribution in [1.82, 2.24) is 14.4 Å². The minimum Gasteiger partial charge on any atom is -0.317 e. The van der Waals surface area contributed by atoms with Gasteiger partial charge in [0.2, 0.25) is 0 Å². The average molecular weight is 318 g/mol. The van der Waals surface area contributed by atoms with E-state index in [9.17, 15) is 14.5 Å². The highest BCUT2D eigenvalue weighted by Gasteiger charge is 2.17. The summed E-state index contributed by atoms with van der Waals surface area (Å²) in [7, 11) is 2.10. The molecular formula is C16H19FN4O2. The summed E-state index contributed by atoms with van der Waals surface area (Å²) in [5.41, 5.74) is 1.08. The van der Waals surface area contributed by atoms with Crippen molar-refractivity contribution in [3.05, 3.63) is 58.2 Å². The van der Waals surface area contributed by atoms with E-state index in [4.69, 9.17) is 0 Å². The largest absolute Gasteiger partial charge is 0.317 e. The summed E-state index contributed by atoms with van der Waals surface area (Å²) < 4.78 is 16.0. The highest BCUT2D eigenvalue weighted by atomic mass is 19.1. The smallest absolute Gasteiger partial charge is 0.272 e. The number of benzene rings is 1. The van der Waals surface area contributed by atoms with E-state index in [-0.39, 0.29) is 5.69 Å². The van der Waals surface area contributed by atoms with Crippen LogP contribution in [-0.4, -0.2) is 52.5 Å². The first-order valence-electron chi connectivity index (χ1n) is 7.56. The van der Waals surface area contributed by atoms with Gasteiger partial charge in [-0.1, -0.05) is 0 Å². The third-order valence-electron chi connectivity index (χ3n) is 4.22. The van der Waals surface area contributed by atoms with Crippen LogP contribution < -0.4 is 0 Å². The van der Waals surface area contributed by atoms with Crippen LogP contribution in [0.25, 0.3) is 5.69 Å². The summed E-state index contributed by atoms with van der Waals surface area (Å²) in [6.45, 7) is 4.73. The Labute approximate surface area is 133 Å². The van der Waals surface area contributed by atoms with Crippen LogP contribution in [0.15, 0.2) is 36.5 Å². The molecule has 1 aliphatic rings. The van der Waals surface area contributed by atoms with Crippen LogP contribution in [0.3, 0.4) is 0 Å². The van der Waals surface area contributed by atoms with Gasteiger partial charge < -0.3 is 9.47 Å². The van der Waals surface area contributed by atoms with Gasteiger partial charge >= 0.3 is 0 Å². The number of nitrogens with zero attached hydrogens (tertiary/aromatic N) is 4. The Bertz CT molecular complexity index is 708. The fraction of sp³-hybridized carbons (Fsp3) is 0.375. The Morgan fingerprint density at radius 1 is 1.22 bits per heavy atom. The Morgan fingerprint density at radius 2 is 1.96 bits per heavy atom. The number of rotatable bonds is 4. The van der Waals surface area contributed by atoms with Crippen molar-refractivity contribution >= 4 is 5.69 Å². The van der Waals surface area contributed by atoms with Crippen LogP contribution in [0.1, 0.15) is 5.69 Å². The zero-order valence-electron chi connectivity index (χ0n) is 13.0. The van der Waals surface area contributed by atoms with E-state index in [0.717, 1.165) is 44.5 Å². The number of piperazine rings is 1. The molecule has 1 aromatic carbocycles. The Hall–Kier alpha value is -2.25. The van der Waals surface area contributed by atoms with Gasteiger partial charge in [0.25, 0.3) is 5.69 Å². The molecule has 3 rings (SSSR count).